The van der Waals surface area contributed by atoms with E-state index >= 15 is 0 Å². The number of alkyl halides is 2. The average Bonchev–Trinajstić information content (AvgIpc) is 1.73. The van der Waals surface area contributed by atoms with Crippen LogP contribution in [0.5, 0.6) is 0 Å². The van der Waals surface area contributed by atoms with Crippen LogP contribution < -0.4 is 0 Å². The quantitative estimate of drug-likeness (QED) is 0.467. The van der Waals surface area contributed by atoms with Gasteiger partial charge in [0.25, 0.3) is 0 Å². The molecule has 6 heavy (non-hydrogen) atoms. The van der Waals surface area contributed by atoms with Crippen molar-refractivity contribution in [3.63, 3.8) is 0 Å². The lowest BCUT2D eigenvalue weighted by molar-refractivity contribution is 0.422. The second-order valence-corrected chi connectivity index (χ2v) is 3.18. The highest BCUT2D eigenvalue weighted by Crippen LogP contribution is 2.51. The van der Waals surface area contributed by atoms with Crippen molar-refractivity contribution >= 4 is 15.9 Å². The third kappa shape index (κ3) is 0.579. The fourth-order valence-electron chi connectivity index (χ4n) is 0.349. The Morgan fingerprint density at radius 3 is 2.17 bits per heavy atom. The van der Waals surface area contributed by atoms with E-state index in [0.29, 0.717) is 6.42 Å². The molecule has 0 N–H and O–H groups in total. The summed E-state index contributed by atoms with van der Waals surface area (Å²) in [6.07, 6.45) is 0.688. The van der Waals surface area contributed by atoms with Crippen LogP contribution in [-0.2, 0) is 0 Å². The van der Waals surface area contributed by atoms with Crippen molar-refractivity contribution < 1.29 is 4.39 Å². The van der Waals surface area contributed by atoms with Gasteiger partial charge < -0.3 is 0 Å². The minimum Gasteiger partial charge on any atom is -0.231 e. The third-order valence-corrected chi connectivity index (χ3v) is 2.24. The van der Waals surface area contributed by atoms with Gasteiger partial charge in [0.1, 0.15) is 0 Å². The van der Waals surface area contributed by atoms with Gasteiger partial charge in [0.2, 0.25) is 0 Å². The molecule has 1 saturated carbocycles. The zero-order valence-electron chi connectivity index (χ0n) is 3.54. The van der Waals surface area contributed by atoms with Gasteiger partial charge in [0, 0.05) is 5.92 Å². The molecule has 0 amide bonds. The molecule has 0 saturated heterocycles. The van der Waals surface area contributed by atoms with Gasteiger partial charge in [-0.3, -0.25) is 0 Å². The van der Waals surface area contributed by atoms with E-state index in [1.807, 2.05) is 6.92 Å². The van der Waals surface area contributed by atoms with Crippen molar-refractivity contribution in [1.29, 1.82) is 0 Å². The van der Waals surface area contributed by atoms with Crippen LogP contribution >= 0.6 is 15.9 Å². The van der Waals surface area contributed by atoms with Crippen molar-refractivity contribution in [3.8, 4) is 0 Å². The maximum Gasteiger partial charge on any atom is 0.168 e. The molecule has 1 aliphatic carbocycles. The Morgan fingerprint density at radius 2 is 2.17 bits per heavy atom. The highest BCUT2D eigenvalue weighted by Gasteiger charge is 2.49. The number of halogens is 2. The van der Waals surface area contributed by atoms with E-state index in [1.165, 1.54) is 0 Å². The zero-order valence-corrected chi connectivity index (χ0v) is 5.13. The van der Waals surface area contributed by atoms with Crippen LogP contribution in [-0.4, -0.2) is 4.58 Å². The fourth-order valence-corrected chi connectivity index (χ4v) is 0.835. The van der Waals surface area contributed by atoms with E-state index < -0.39 is 4.58 Å². The van der Waals surface area contributed by atoms with E-state index in [2.05, 4.69) is 15.9 Å². The van der Waals surface area contributed by atoms with Gasteiger partial charge in [0.15, 0.2) is 4.58 Å². The maximum atomic E-state index is 12.1. The summed E-state index contributed by atoms with van der Waals surface area (Å²) < 4.78 is 11.1. The van der Waals surface area contributed by atoms with Crippen LogP contribution in [0.15, 0.2) is 0 Å². The summed E-state index contributed by atoms with van der Waals surface area (Å²) in [7, 11) is 0. The van der Waals surface area contributed by atoms with Gasteiger partial charge in [-0.25, -0.2) is 4.39 Å². The molecule has 2 unspecified atom stereocenters. The summed E-state index contributed by atoms with van der Waals surface area (Å²) in [6.45, 7) is 1.88. The highest BCUT2D eigenvalue weighted by atomic mass is 79.9. The molecule has 0 bridgehead atoms. The molecule has 0 nitrogen and oxygen atoms in total. The van der Waals surface area contributed by atoms with Crippen LogP contribution in [0.1, 0.15) is 13.3 Å². The maximum absolute atomic E-state index is 12.1. The van der Waals surface area contributed by atoms with E-state index in [4.69, 9.17) is 0 Å². The van der Waals surface area contributed by atoms with Gasteiger partial charge in [-0.15, -0.1) is 0 Å². The van der Waals surface area contributed by atoms with Crippen molar-refractivity contribution in [2.75, 3.05) is 0 Å². The van der Waals surface area contributed by atoms with Crippen molar-refractivity contribution in [3.05, 3.63) is 0 Å². The standard InChI is InChI=1S/C4H6BrF/c1-3-2-4(3,5)6/h3H,2H2,1H3. The second kappa shape index (κ2) is 0.971. The second-order valence-electron chi connectivity index (χ2n) is 1.87. The molecule has 0 heterocycles. The minimum atomic E-state index is -0.979. The molecule has 0 radical (unpaired) electrons. The first-order valence-corrected chi connectivity index (χ1v) is 2.80. The van der Waals surface area contributed by atoms with Crippen molar-refractivity contribution in [2.24, 2.45) is 5.92 Å². The normalized spacial score (nSPS) is 55.5. The smallest absolute Gasteiger partial charge is 0.168 e. The van der Waals surface area contributed by atoms with E-state index in [1.54, 1.807) is 0 Å². The minimum absolute atomic E-state index is 0.248. The molecule has 1 fully saturated rings. The van der Waals surface area contributed by atoms with Gasteiger partial charge >= 0.3 is 0 Å². The Hall–Kier alpha value is 0.410. The summed E-state index contributed by atoms with van der Waals surface area (Å²) in [5, 5.41) is 0. The molecule has 0 aliphatic heterocycles. The monoisotopic (exact) mass is 152 g/mol. The first kappa shape index (κ1) is 4.57. The molecule has 1 rings (SSSR count). The van der Waals surface area contributed by atoms with Gasteiger partial charge in [-0.2, -0.15) is 0 Å². The van der Waals surface area contributed by atoms with Crippen LogP contribution in [0.3, 0.4) is 0 Å². The lowest BCUT2D eigenvalue weighted by Gasteiger charge is -1.84. The third-order valence-electron chi connectivity index (χ3n) is 1.14. The van der Waals surface area contributed by atoms with E-state index in [0.717, 1.165) is 0 Å². The van der Waals surface area contributed by atoms with E-state index in [-0.39, 0.29) is 5.92 Å². The summed E-state index contributed by atoms with van der Waals surface area (Å²) in [5.74, 6) is 0.248. The molecule has 2 heteroatoms. The summed E-state index contributed by atoms with van der Waals surface area (Å²) >= 11 is 2.88. The average molecular weight is 153 g/mol. The highest BCUT2D eigenvalue weighted by molar-refractivity contribution is 9.10. The molecule has 36 valence electrons. The lowest BCUT2D eigenvalue weighted by atomic mass is 10.5. The SMILES string of the molecule is CC1CC1(F)Br. The van der Waals surface area contributed by atoms with Crippen molar-refractivity contribution in [2.45, 2.75) is 17.9 Å². The molecule has 0 spiro atoms. The Bertz CT molecular complexity index is 69.9. The van der Waals surface area contributed by atoms with Crippen LogP contribution in [0.2, 0.25) is 0 Å². The van der Waals surface area contributed by atoms with Crippen LogP contribution in [0, 0.1) is 5.92 Å². The molecule has 0 aromatic heterocycles. The fraction of sp³-hybridized carbons (Fsp3) is 1.00. The molecule has 0 aromatic carbocycles. The topological polar surface area (TPSA) is 0 Å². The summed E-state index contributed by atoms with van der Waals surface area (Å²) in [6, 6.07) is 0. The lowest BCUT2D eigenvalue weighted by Crippen LogP contribution is -1.83. The predicted octanol–water partition coefficient (Wildman–Crippen LogP) is 2.09. The molecule has 2 atom stereocenters. The Balaban J connectivity index is 2.41. The Morgan fingerprint density at radius 1 is 2.00 bits per heavy atom. The predicted molar refractivity (Wildman–Crippen MR) is 26.5 cm³/mol. The number of hydrogen-bond acceptors (Lipinski definition) is 0. The van der Waals surface area contributed by atoms with Crippen LogP contribution in [0.4, 0.5) is 4.39 Å². The van der Waals surface area contributed by atoms with Gasteiger partial charge in [0.05, 0.1) is 0 Å². The largest absolute Gasteiger partial charge is 0.231 e. The zero-order chi connectivity index (χ0) is 4.78. The van der Waals surface area contributed by atoms with Gasteiger partial charge in [-0.05, 0) is 22.4 Å². The van der Waals surface area contributed by atoms with E-state index in [9.17, 15) is 4.39 Å². The Kier molecular flexibility index (Phi) is 0.739. The number of rotatable bonds is 0. The molecule has 0 aromatic rings. The molecular weight excluding hydrogens is 147 g/mol. The summed E-state index contributed by atoms with van der Waals surface area (Å²) in [4.78, 5) is 0. The first-order valence-electron chi connectivity index (χ1n) is 2.01. The van der Waals surface area contributed by atoms with Crippen LogP contribution in [0.25, 0.3) is 0 Å². The number of hydrogen-bond donors (Lipinski definition) is 0. The summed E-state index contributed by atoms with van der Waals surface area (Å²) in [5.41, 5.74) is 0. The first-order chi connectivity index (χ1) is 2.63. The van der Waals surface area contributed by atoms with Gasteiger partial charge in [-0.1, -0.05) is 6.92 Å². The van der Waals surface area contributed by atoms with Crippen molar-refractivity contribution in [1.82, 2.24) is 0 Å². The molecular formula is C4H6BrF. The molecule has 1 aliphatic rings. The Labute approximate surface area is 44.9 Å².